The third-order valence-corrected chi connectivity index (χ3v) is 2.79. The Balaban J connectivity index is 2.46. The number of ether oxygens (including phenoxy) is 1. The van der Waals surface area contributed by atoms with Crippen LogP contribution in [0.4, 0.5) is 0 Å². The monoisotopic (exact) mass is 250 g/mol. The second-order valence-electron chi connectivity index (χ2n) is 5.12. The van der Waals surface area contributed by atoms with E-state index in [2.05, 4.69) is 37.1 Å². The van der Waals surface area contributed by atoms with Crippen LogP contribution in [-0.4, -0.2) is 18.1 Å². The van der Waals surface area contributed by atoms with Crippen molar-refractivity contribution >= 4 is 0 Å². The Morgan fingerprint density at radius 2 is 2.11 bits per heavy atom. The summed E-state index contributed by atoms with van der Waals surface area (Å²) in [5.74, 6) is 1.42. The van der Waals surface area contributed by atoms with Crippen molar-refractivity contribution in [2.75, 3.05) is 13.2 Å². The SMILES string of the molecule is CCCCOc1ccc(CNCC(C)C)c(C)n1. The van der Waals surface area contributed by atoms with Gasteiger partial charge in [-0.1, -0.05) is 33.3 Å². The standard InChI is InChI=1S/C15H26N2O/c1-5-6-9-18-15-8-7-14(13(4)17-15)11-16-10-12(2)3/h7-8,12,16H,5-6,9-11H2,1-4H3. The Morgan fingerprint density at radius 1 is 1.33 bits per heavy atom. The minimum Gasteiger partial charge on any atom is -0.478 e. The summed E-state index contributed by atoms with van der Waals surface area (Å²) < 4.78 is 5.59. The summed E-state index contributed by atoms with van der Waals surface area (Å²) >= 11 is 0. The number of aromatic nitrogens is 1. The first-order chi connectivity index (χ1) is 8.63. The molecule has 1 rings (SSSR count). The molecule has 0 aliphatic heterocycles. The van der Waals surface area contributed by atoms with Crippen molar-refractivity contribution in [3.05, 3.63) is 23.4 Å². The molecule has 0 saturated carbocycles. The second kappa shape index (κ2) is 8.09. The first-order valence-corrected chi connectivity index (χ1v) is 6.93. The van der Waals surface area contributed by atoms with Crippen LogP contribution in [-0.2, 0) is 6.54 Å². The lowest BCUT2D eigenvalue weighted by atomic mass is 10.2. The summed E-state index contributed by atoms with van der Waals surface area (Å²) in [6.07, 6.45) is 2.23. The highest BCUT2D eigenvalue weighted by molar-refractivity contribution is 5.24. The van der Waals surface area contributed by atoms with Crippen LogP contribution in [0, 0.1) is 12.8 Å². The second-order valence-corrected chi connectivity index (χ2v) is 5.12. The van der Waals surface area contributed by atoms with Crippen molar-refractivity contribution in [1.29, 1.82) is 0 Å². The lowest BCUT2D eigenvalue weighted by Gasteiger charge is -2.11. The van der Waals surface area contributed by atoms with Crippen LogP contribution in [0.3, 0.4) is 0 Å². The quantitative estimate of drug-likeness (QED) is 0.719. The average Bonchev–Trinajstić information content (AvgIpc) is 2.32. The molecule has 0 aliphatic carbocycles. The fourth-order valence-corrected chi connectivity index (χ4v) is 1.65. The minimum absolute atomic E-state index is 0.676. The Bertz CT molecular complexity index is 350. The van der Waals surface area contributed by atoms with E-state index in [9.17, 15) is 0 Å². The lowest BCUT2D eigenvalue weighted by molar-refractivity contribution is 0.297. The zero-order chi connectivity index (χ0) is 13.4. The topological polar surface area (TPSA) is 34.1 Å². The molecular weight excluding hydrogens is 224 g/mol. The predicted octanol–water partition coefficient (Wildman–Crippen LogP) is 3.31. The average molecular weight is 250 g/mol. The molecule has 1 N–H and O–H groups in total. The van der Waals surface area contributed by atoms with Gasteiger partial charge in [-0.3, -0.25) is 0 Å². The normalized spacial score (nSPS) is 10.9. The Hall–Kier alpha value is -1.09. The zero-order valence-electron chi connectivity index (χ0n) is 12.1. The van der Waals surface area contributed by atoms with E-state index in [1.807, 2.05) is 13.0 Å². The summed E-state index contributed by atoms with van der Waals surface area (Å²) in [7, 11) is 0. The van der Waals surface area contributed by atoms with E-state index in [0.29, 0.717) is 5.92 Å². The highest BCUT2D eigenvalue weighted by Gasteiger charge is 2.03. The maximum absolute atomic E-state index is 5.59. The van der Waals surface area contributed by atoms with Crippen molar-refractivity contribution in [2.24, 2.45) is 5.92 Å². The number of hydrogen-bond acceptors (Lipinski definition) is 3. The van der Waals surface area contributed by atoms with Crippen LogP contribution < -0.4 is 10.1 Å². The van der Waals surface area contributed by atoms with E-state index in [0.717, 1.165) is 44.1 Å². The molecule has 0 aliphatic rings. The number of pyridine rings is 1. The van der Waals surface area contributed by atoms with Crippen molar-refractivity contribution in [2.45, 2.75) is 47.1 Å². The number of rotatable bonds is 8. The number of aryl methyl sites for hydroxylation is 1. The van der Waals surface area contributed by atoms with Gasteiger partial charge in [-0.05, 0) is 31.4 Å². The molecule has 0 bridgehead atoms. The van der Waals surface area contributed by atoms with E-state index in [1.165, 1.54) is 5.56 Å². The molecule has 0 aromatic carbocycles. The Kier molecular flexibility index (Phi) is 6.73. The molecule has 18 heavy (non-hydrogen) atoms. The molecule has 0 saturated heterocycles. The van der Waals surface area contributed by atoms with E-state index in [1.54, 1.807) is 0 Å². The Morgan fingerprint density at radius 3 is 2.72 bits per heavy atom. The van der Waals surface area contributed by atoms with E-state index < -0.39 is 0 Å². The van der Waals surface area contributed by atoms with Gasteiger partial charge in [0.15, 0.2) is 0 Å². The number of nitrogens with one attached hydrogen (secondary N) is 1. The van der Waals surface area contributed by atoms with Gasteiger partial charge in [0.05, 0.1) is 6.61 Å². The molecule has 102 valence electrons. The molecular formula is C15H26N2O. The fourth-order valence-electron chi connectivity index (χ4n) is 1.65. The van der Waals surface area contributed by atoms with Gasteiger partial charge in [-0.2, -0.15) is 0 Å². The predicted molar refractivity (Wildman–Crippen MR) is 75.9 cm³/mol. The highest BCUT2D eigenvalue weighted by atomic mass is 16.5. The van der Waals surface area contributed by atoms with Gasteiger partial charge in [0.2, 0.25) is 5.88 Å². The number of unbranched alkanes of at least 4 members (excludes halogenated alkanes) is 1. The van der Waals surface area contributed by atoms with E-state index in [4.69, 9.17) is 4.74 Å². The largest absolute Gasteiger partial charge is 0.478 e. The van der Waals surface area contributed by atoms with Gasteiger partial charge in [-0.25, -0.2) is 4.98 Å². The van der Waals surface area contributed by atoms with Gasteiger partial charge in [0.25, 0.3) is 0 Å². The number of hydrogen-bond donors (Lipinski definition) is 1. The molecule has 1 aromatic heterocycles. The van der Waals surface area contributed by atoms with Gasteiger partial charge in [0, 0.05) is 18.3 Å². The lowest BCUT2D eigenvalue weighted by Crippen LogP contribution is -2.19. The molecule has 1 aromatic rings. The van der Waals surface area contributed by atoms with Crippen molar-refractivity contribution in [3.63, 3.8) is 0 Å². The molecule has 3 nitrogen and oxygen atoms in total. The van der Waals surface area contributed by atoms with Crippen LogP contribution in [0.25, 0.3) is 0 Å². The minimum atomic E-state index is 0.676. The summed E-state index contributed by atoms with van der Waals surface area (Å²) in [5, 5.41) is 3.43. The summed E-state index contributed by atoms with van der Waals surface area (Å²) in [5.41, 5.74) is 2.30. The van der Waals surface area contributed by atoms with Crippen molar-refractivity contribution in [1.82, 2.24) is 10.3 Å². The molecule has 0 radical (unpaired) electrons. The molecule has 1 heterocycles. The Labute approximate surface area is 111 Å². The van der Waals surface area contributed by atoms with E-state index in [-0.39, 0.29) is 0 Å². The first kappa shape index (κ1) is 15.0. The zero-order valence-corrected chi connectivity index (χ0v) is 12.1. The van der Waals surface area contributed by atoms with Gasteiger partial charge >= 0.3 is 0 Å². The third kappa shape index (κ3) is 5.50. The van der Waals surface area contributed by atoms with Crippen LogP contribution in [0.5, 0.6) is 5.88 Å². The molecule has 0 atom stereocenters. The fraction of sp³-hybridized carbons (Fsp3) is 0.667. The van der Waals surface area contributed by atoms with Gasteiger partial charge < -0.3 is 10.1 Å². The third-order valence-electron chi connectivity index (χ3n) is 2.79. The highest BCUT2D eigenvalue weighted by Crippen LogP contribution is 2.13. The van der Waals surface area contributed by atoms with Crippen LogP contribution in [0.2, 0.25) is 0 Å². The van der Waals surface area contributed by atoms with Crippen LogP contribution >= 0.6 is 0 Å². The summed E-state index contributed by atoms with van der Waals surface area (Å²) in [6, 6.07) is 4.08. The molecule has 0 spiro atoms. The maximum Gasteiger partial charge on any atom is 0.213 e. The van der Waals surface area contributed by atoms with Gasteiger partial charge in [-0.15, -0.1) is 0 Å². The maximum atomic E-state index is 5.59. The smallest absolute Gasteiger partial charge is 0.213 e. The molecule has 0 fully saturated rings. The van der Waals surface area contributed by atoms with Gasteiger partial charge in [0.1, 0.15) is 0 Å². The summed E-state index contributed by atoms with van der Waals surface area (Å²) in [4.78, 5) is 4.48. The van der Waals surface area contributed by atoms with Crippen molar-refractivity contribution < 1.29 is 4.74 Å². The van der Waals surface area contributed by atoms with Crippen molar-refractivity contribution in [3.8, 4) is 5.88 Å². The van der Waals surface area contributed by atoms with E-state index >= 15 is 0 Å². The van der Waals surface area contributed by atoms with Crippen LogP contribution in [0.15, 0.2) is 12.1 Å². The molecule has 3 heteroatoms. The van der Waals surface area contributed by atoms with Crippen LogP contribution in [0.1, 0.15) is 44.9 Å². The number of nitrogens with zero attached hydrogens (tertiary/aromatic N) is 1. The molecule has 0 amide bonds. The first-order valence-electron chi connectivity index (χ1n) is 6.93. The summed E-state index contributed by atoms with van der Waals surface area (Å²) in [6.45, 7) is 11.3. The molecule has 0 unspecified atom stereocenters.